The summed E-state index contributed by atoms with van der Waals surface area (Å²) in [6, 6.07) is 0. The molecular weight excluding hydrogens is 452 g/mol. The third kappa shape index (κ3) is 4.46. The van der Waals surface area contributed by atoms with Crippen molar-refractivity contribution in [3.05, 3.63) is 11.6 Å². The van der Waals surface area contributed by atoms with Gasteiger partial charge in [-0.2, -0.15) is 0 Å². The van der Waals surface area contributed by atoms with Crippen molar-refractivity contribution in [2.24, 2.45) is 34.5 Å². The fraction of sp³-hybridized carbons (Fsp3) is 0.871. The maximum atomic E-state index is 13.4. The van der Waals surface area contributed by atoms with Crippen molar-refractivity contribution in [1.29, 1.82) is 0 Å². The van der Waals surface area contributed by atoms with Crippen LogP contribution in [0.25, 0.3) is 0 Å². The normalized spacial score (nSPS) is 42.1. The van der Waals surface area contributed by atoms with E-state index in [1.54, 1.807) is 6.08 Å². The van der Waals surface area contributed by atoms with Crippen LogP contribution in [0.15, 0.2) is 11.6 Å². The Bertz CT molecular complexity index is 868. The molecule has 1 heterocycles. The Hall–Kier alpha value is -1.36. The largest absolute Gasteiger partial charge is 0.462 e. The van der Waals surface area contributed by atoms with Crippen LogP contribution in [0.1, 0.15) is 117 Å². The van der Waals surface area contributed by atoms with Gasteiger partial charge in [0.1, 0.15) is 12.7 Å². The zero-order valence-corrected chi connectivity index (χ0v) is 22.9. The predicted molar refractivity (Wildman–Crippen MR) is 139 cm³/mol. The maximum absolute atomic E-state index is 13.4. The van der Waals surface area contributed by atoms with Gasteiger partial charge in [0, 0.05) is 17.4 Å². The number of hydrogen-bond donors (Lipinski definition) is 1. The van der Waals surface area contributed by atoms with E-state index in [-0.39, 0.29) is 46.6 Å². The third-order valence-corrected chi connectivity index (χ3v) is 11.6. The van der Waals surface area contributed by atoms with Crippen LogP contribution in [0.4, 0.5) is 0 Å². The molecule has 4 fully saturated rings. The van der Waals surface area contributed by atoms with Gasteiger partial charge in [0.05, 0.1) is 11.5 Å². The van der Waals surface area contributed by atoms with Gasteiger partial charge in [0.25, 0.3) is 0 Å². The number of esters is 2. The van der Waals surface area contributed by atoms with E-state index >= 15 is 0 Å². The molecular formula is C31H48O5. The van der Waals surface area contributed by atoms with Crippen molar-refractivity contribution in [3.8, 4) is 0 Å². The highest BCUT2D eigenvalue weighted by atomic mass is 16.5. The van der Waals surface area contributed by atoms with Gasteiger partial charge in [-0.15, -0.1) is 0 Å². The van der Waals surface area contributed by atoms with Crippen LogP contribution in [-0.2, 0) is 19.1 Å². The fourth-order valence-electron chi connectivity index (χ4n) is 9.62. The molecule has 202 valence electrons. The molecule has 0 amide bonds. The van der Waals surface area contributed by atoms with Crippen molar-refractivity contribution < 1.29 is 24.2 Å². The van der Waals surface area contributed by atoms with E-state index in [2.05, 4.69) is 20.8 Å². The first-order valence-electron chi connectivity index (χ1n) is 15.0. The molecule has 6 atom stereocenters. The second-order valence-corrected chi connectivity index (χ2v) is 13.5. The summed E-state index contributed by atoms with van der Waals surface area (Å²) in [5.74, 6) is 0.622. The highest BCUT2D eigenvalue weighted by Crippen LogP contribution is 2.67. The number of cyclic esters (lactones) is 1. The van der Waals surface area contributed by atoms with Gasteiger partial charge in [0.2, 0.25) is 0 Å². The second-order valence-electron chi connectivity index (χ2n) is 13.5. The van der Waals surface area contributed by atoms with Gasteiger partial charge in [-0.3, -0.25) is 4.79 Å². The molecule has 0 unspecified atom stereocenters. The standard InChI is InChI=1S/C31H48O5/c1-21-18-25(36-28(33)23-10-5-4-6-11-23)27-29(2,24-12-7-8-13-24)15-9-16-30(27,3)31(21,34)17-14-22-19-26(32)35-20-22/h19,21,23-25,27,34H,4-18,20H2,1-3H3/t21-,25-,27+,29+,30+,31-/m1/s1. The van der Waals surface area contributed by atoms with Crippen molar-refractivity contribution in [2.75, 3.05) is 6.61 Å². The first-order chi connectivity index (χ1) is 17.2. The fourth-order valence-corrected chi connectivity index (χ4v) is 9.62. The summed E-state index contributed by atoms with van der Waals surface area (Å²) >= 11 is 0. The number of carbonyl (C=O) groups excluding carboxylic acids is 2. The van der Waals surface area contributed by atoms with Crippen molar-refractivity contribution in [1.82, 2.24) is 0 Å². The zero-order chi connectivity index (χ0) is 25.6. The Morgan fingerprint density at radius 1 is 1.06 bits per heavy atom. The highest BCUT2D eigenvalue weighted by molar-refractivity contribution is 5.85. The summed E-state index contributed by atoms with van der Waals surface area (Å²) in [6.45, 7) is 7.29. The lowest BCUT2D eigenvalue weighted by atomic mass is 9.41. The lowest BCUT2D eigenvalue weighted by Gasteiger charge is -2.66. The molecule has 5 aliphatic rings. The first kappa shape index (κ1) is 26.3. The van der Waals surface area contributed by atoms with E-state index < -0.39 is 5.60 Å². The molecule has 36 heavy (non-hydrogen) atoms. The van der Waals surface area contributed by atoms with Gasteiger partial charge >= 0.3 is 11.9 Å². The zero-order valence-electron chi connectivity index (χ0n) is 22.9. The molecule has 4 aliphatic carbocycles. The molecule has 4 saturated carbocycles. The molecule has 0 aromatic rings. The minimum absolute atomic E-state index is 0.0193. The van der Waals surface area contributed by atoms with Crippen LogP contribution in [0.3, 0.4) is 0 Å². The molecule has 0 radical (unpaired) electrons. The maximum Gasteiger partial charge on any atom is 0.331 e. The summed E-state index contributed by atoms with van der Waals surface area (Å²) in [7, 11) is 0. The second kappa shape index (κ2) is 10.1. The van der Waals surface area contributed by atoms with Gasteiger partial charge < -0.3 is 14.6 Å². The van der Waals surface area contributed by atoms with Gasteiger partial charge in [-0.1, -0.05) is 59.3 Å². The van der Waals surface area contributed by atoms with E-state index in [9.17, 15) is 14.7 Å². The molecule has 0 bridgehead atoms. The molecule has 1 aliphatic heterocycles. The average molecular weight is 501 g/mol. The van der Waals surface area contributed by atoms with E-state index in [4.69, 9.17) is 9.47 Å². The molecule has 1 N–H and O–H groups in total. The summed E-state index contributed by atoms with van der Waals surface area (Å²) in [5.41, 5.74) is -0.137. The Balaban J connectivity index is 1.46. The van der Waals surface area contributed by atoms with Crippen LogP contribution < -0.4 is 0 Å². The average Bonchev–Trinajstić information content (AvgIpc) is 3.54. The highest BCUT2D eigenvalue weighted by Gasteiger charge is 2.67. The summed E-state index contributed by atoms with van der Waals surface area (Å²) in [4.78, 5) is 25.1. The first-order valence-corrected chi connectivity index (χ1v) is 15.0. The van der Waals surface area contributed by atoms with E-state index in [0.29, 0.717) is 25.4 Å². The van der Waals surface area contributed by atoms with Gasteiger partial charge in [0.15, 0.2) is 0 Å². The third-order valence-electron chi connectivity index (χ3n) is 11.6. The van der Waals surface area contributed by atoms with E-state index in [1.165, 1.54) is 32.1 Å². The summed E-state index contributed by atoms with van der Waals surface area (Å²) in [5, 5.41) is 12.6. The van der Waals surface area contributed by atoms with Crippen LogP contribution in [0.2, 0.25) is 0 Å². The smallest absolute Gasteiger partial charge is 0.331 e. The summed E-state index contributed by atoms with van der Waals surface area (Å²) < 4.78 is 11.7. The van der Waals surface area contributed by atoms with Crippen LogP contribution in [-0.4, -0.2) is 35.4 Å². The molecule has 5 nitrogen and oxygen atoms in total. The van der Waals surface area contributed by atoms with Crippen molar-refractivity contribution in [3.63, 3.8) is 0 Å². The Morgan fingerprint density at radius 2 is 1.75 bits per heavy atom. The van der Waals surface area contributed by atoms with Crippen LogP contribution >= 0.6 is 0 Å². The lowest BCUT2D eigenvalue weighted by Crippen LogP contribution is -2.68. The van der Waals surface area contributed by atoms with Gasteiger partial charge in [-0.05, 0) is 80.6 Å². The Kier molecular flexibility index (Phi) is 7.35. The summed E-state index contributed by atoms with van der Waals surface area (Å²) in [6.07, 6.45) is 17.3. The Labute approximate surface area is 217 Å². The number of carbonyl (C=O) groups is 2. The van der Waals surface area contributed by atoms with Crippen LogP contribution in [0.5, 0.6) is 0 Å². The molecule has 0 spiro atoms. The monoisotopic (exact) mass is 500 g/mol. The number of fused-ring (bicyclic) bond motifs is 1. The van der Waals surface area contributed by atoms with Gasteiger partial charge in [-0.25, -0.2) is 4.79 Å². The SMILES string of the molecule is C[C@@H]1C[C@@H](OC(=O)C2CCCCC2)[C@H]2[C@](C)(C3CCCC3)CCC[C@]2(C)[C@@]1(O)CCC1=CC(=O)OC1. The minimum atomic E-state index is -0.863. The molecule has 0 aromatic heterocycles. The van der Waals surface area contributed by atoms with E-state index in [0.717, 1.165) is 56.9 Å². The minimum Gasteiger partial charge on any atom is -0.462 e. The quantitative estimate of drug-likeness (QED) is 0.421. The Morgan fingerprint density at radius 3 is 2.42 bits per heavy atom. The number of rotatable bonds is 6. The number of ether oxygens (including phenoxy) is 2. The van der Waals surface area contributed by atoms with Crippen molar-refractivity contribution in [2.45, 2.75) is 129 Å². The molecule has 0 saturated heterocycles. The lowest BCUT2D eigenvalue weighted by molar-refractivity contribution is -0.260. The van der Waals surface area contributed by atoms with E-state index in [1.807, 2.05) is 0 Å². The van der Waals surface area contributed by atoms with Crippen molar-refractivity contribution >= 4 is 11.9 Å². The predicted octanol–water partition coefficient (Wildman–Crippen LogP) is 6.52. The number of aliphatic hydroxyl groups is 1. The van der Waals surface area contributed by atoms with Crippen LogP contribution in [0, 0.1) is 34.5 Å². The molecule has 5 rings (SSSR count). The number of hydrogen-bond acceptors (Lipinski definition) is 5. The molecule has 0 aromatic carbocycles. The molecule has 5 heteroatoms. The topological polar surface area (TPSA) is 72.8 Å².